The van der Waals surface area contributed by atoms with Crippen molar-refractivity contribution >= 4 is 5.78 Å². The van der Waals surface area contributed by atoms with Crippen molar-refractivity contribution in [3.8, 4) is 0 Å². The van der Waals surface area contributed by atoms with Gasteiger partial charge in [-0.3, -0.25) is 4.79 Å². The van der Waals surface area contributed by atoms with Crippen LogP contribution in [0.4, 0.5) is 0 Å². The van der Waals surface area contributed by atoms with Crippen LogP contribution in [-0.2, 0) is 9.53 Å². The summed E-state index contributed by atoms with van der Waals surface area (Å²) in [6.45, 7) is 1.58. The van der Waals surface area contributed by atoms with Crippen molar-refractivity contribution in [1.82, 2.24) is 0 Å². The lowest BCUT2D eigenvalue weighted by Crippen LogP contribution is -2.58. The Bertz CT molecular complexity index is 280. The standard InChI is InChI=1S/C13H24O6/c1-2-3-4-5-8(15)6-9-11(16)13(18)12(17)10(7-14)19-9/h9-14,16-18H,2-7H2,1H3/t9-,10?,11?,12-,13+/m0/s1. The lowest BCUT2D eigenvalue weighted by atomic mass is 9.92. The van der Waals surface area contributed by atoms with E-state index >= 15 is 0 Å². The van der Waals surface area contributed by atoms with Crippen LogP contribution in [-0.4, -0.2) is 63.3 Å². The molecule has 1 aliphatic rings. The molecule has 0 amide bonds. The van der Waals surface area contributed by atoms with E-state index in [1.54, 1.807) is 0 Å². The molecule has 0 radical (unpaired) electrons. The number of aliphatic hydroxyl groups excluding tert-OH is 4. The predicted molar refractivity (Wildman–Crippen MR) is 67.5 cm³/mol. The van der Waals surface area contributed by atoms with Gasteiger partial charge in [0.15, 0.2) is 0 Å². The van der Waals surface area contributed by atoms with Gasteiger partial charge in [0.2, 0.25) is 0 Å². The fourth-order valence-electron chi connectivity index (χ4n) is 2.25. The topological polar surface area (TPSA) is 107 Å². The van der Waals surface area contributed by atoms with Crippen molar-refractivity contribution in [3.63, 3.8) is 0 Å². The Hall–Kier alpha value is -0.530. The van der Waals surface area contributed by atoms with Crippen molar-refractivity contribution in [2.75, 3.05) is 6.61 Å². The first kappa shape index (κ1) is 16.5. The number of hydrogen-bond acceptors (Lipinski definition) is 6. The Morgan fingerprint density at radius 1 is 1.05 bits per heavy atom. The van der Waals surface area contributed by atoms with Crippen LogP contribution in [0, 0.1) is 0 Å². The van der Waals surface area contributed by atoms with Crippen LogP contribution < -0.4 is 0 Å². The summed E-state index contributed by atoms with van der Waals surface area (Å²) in [7, 11) is 0. The molecule has 0 aromatic heterocycles. The molecule has 112 valence electrons. The number of carbonyl (C=O) groups is 1. The van der Waals surface area contributed by atoms with Gasteiger partial charge in [0.05, 0.1) is 12.7 Å². The number of carbonyl (C=O) groups excluding carboxylic acids is 1. The van der Waals surface area contributed by atoms with Gasteiger partial charge in [0, 0.05) is 12.8 Å². The zero-order chi connectivity index (χ0) is 14.4. The monoisotopic (exact) mass is 276 g/mol. The van der Waals surface area contributed by atoms with Gasteiger partial charge in [-0.05, 0) is 6.42 Å². The molecule has 1 rings (SSSR count). The van der Waals surface area contributed by atoms with E-state index < -0.39 is 37.1 Å². The number of aliphatic hydroxyl groups is 4. The van der Waals surface area contributed by atoms with Gasteiger partial charge in [-0.15, -0.1) is 0 Å². The minimum Gasteiger partial charge on any atom is -0.394 e. The van der Waals surface area contributed by atoms with E-state index in [2.05, 4.69) is 0 Å². The third-order valence-corrected chi connectivity index (χ3v) is 3.48. The second-order valence-corrected chi connectivity index (χ2v) is 5.07. The average molecular weight is 276 g/mol. The minimum absolute atomic E-state index is 0.00877. The molecule has 0 spiro atoms. The van der Waals surface area contributed by atoms with E-state index in [1.807, 2.05) is 6.92 Å². The molecule has 1 aliphatic heterocycles. The summed E-state index contributed by atoms with van der Waals surface area (Å²) in [5.74, 6) is -0.0437. The highest BCUT2D eigenvalue weighted by molar-refractivity contribution is 5.78. The highest BCUT2D eigenvalue weighted by Crippen LogP contribution is 2.23. The van der Waals surface area contributed by atoms with Gasteiger partial charge in [0.25, 0.3) is 0 Å². The summed E-state index contributed by atoms with van der Waals surface area (Å²) in [6.07, 6.45) is -2.69. The Kier molecular flexibility index (Phi) is 6.88. The van der Waals surface area contributed by atoms with Crippen molar-refractivity contribution < 1.29 is 30.0 Å². The highest BCUT2D eigenvalue weighted by atomic mass is 16.5. The molecule has 1 fully saturated rings. The second kappa shape index (κ2) is 7.91. The van der Waals surface area contributed by atoms with E-state index in [4.69, 9.17) is 9.84 Å². The lowest BCUT2D eigenvalue weighted by molar-refractivity contribution is -0.229. The molecular formula is C13H24O6. The molecule has 0 aliphatic carbocycles. The second-order valence-electron chi connectivity index (χ2n) is 5.07. The van der Waals surface area contributed by atoms with Crippen molar-refractivity contribution in [1.29, 1.82) is 0 Å². The van der Waals surface area contributed by atoms with Crippen LogP contribution >= 0.6 is 0 Å². The summed E-state index contributed by atoms with van der Waals surface area (Å²) >= 11 is 0. The van der Waals surface area contributed by atoms with Crippen LogP contribution in [0.5, 0.6) is 0 Å². The Morgan fingerprint density at radius 2 is 1.68 bits per heavy atom. The number of ketones is 1. The molecule has 4 N–H and O–H groups in total. The molecule has 5 atom stereocenters. The maximum atomic E-state index is 11.7. The quantitative estimate of drug-likeness (QED) is 0.461. The first-order chi connectivity index (χ1) is 9.01. The summed E-state index contributed by atoms with van der Waals surface area (Å²) in [5.41, 5.74) is 0. The molecule has 1 heterocycles. The number of ether oxygens (including phenoxy) is 1. The fraction of sp³-hybridized carbons (Fsp3) is 0.923. The van der Waals surface area contributed by atoms with Gasteiger partial charge >= 0.3 is 0 Å². The Morgan fingerprint density at radius 3 is 2.26 bits per heavy atom. The van der Waals surface area contributed by atoms with Crippen LogP contribution in [0.1, 0.15) is 39.0 Å². The lowest BCUT2D eigenvalue weighted by Gasteiger charge is -2.39. The van der Waals surface area contributed by atoms with Crippen molar-refractivity contribution in [3.05, 3.63) is 0 Å². The molecule has 0 aromatic rings. The summed E-state index contributed by atoms with van der Waals surface area (Å²) < 4.78 is 5.28. The molecule has 19 heavy (non-hydrogen) atoms. The SMILES string of the molecule is CCCCCC(=O)C[C@@H]1OC(CO)[C@H](O)[C@H](O)C1O. The van der Waals surface area contributed by atoms with E-state index in [-0.39, 0.29) is 12.2 Å². The number of hydrogen-bond donors (Lipinski definition) is 4. The maximum Gasteiger partial charge on any atom is 0.135 e. The number of Topliss-reactive ketones (excluding diaryl/α,β-unsaturated/α-hetero) is 1. The zero-order valence-electron chi connectivity index (χ0n) is 11.2. The third-order valence-electron chi connectivity index (χ3n) is 3.48. The molecule has 0 aromatic carbocycles. The molecule has 6 heteroatoms. The molecule has 2 unspecified atom stereocenters. The van der Waals surface area contributed by atoms with E-state index in [0.29, 0.717) is 6.42 Å². The number of rotatable bonds is 7. The van der Waals surface area contributed by atoms with E-state index in [0.717, 1.165) is 19.3 Å². The Balaban J connectivity index is 2.49. The van der Waals surface area contributed by atoms with Crippen molar-refractivity contribution in [2.24, 2.45) is 0 Å². The van der Waals surface area contributed by atoms with E-state index in [9.17, 15) is 20.1 Å². The first-order valence-electron chi connectivity index (χ1n) is 6.83. The summed E-state index contributed by atoms with van der Waals surface area (Å²) in [6, 6.07) is 0. The minimum atomic E-state index is -1.40. The first-order valence-corrected chi connectivity index (χ1v) is 6.83. The van der Waals surface area contributed by atoms with E-state index in [1.165, 1.54) is 0 Å². The van der Waals surface area contributed by atoms with Gasteiger partial charge in [-0.25, -0.2) is 0 Å². The average Bonchev–Trinajstić information content (AvgIpc) is 2.39. The van der Waals surface area contributed by atoms with Crippen molar-refractivity contribution in [2.45, 2.75) is 69.5 Å². The third kappa shape index (κ3) is 4.50. The summed E-state index contributed by atoms with van der Waals surface area (Å²) in [4.78, 5) is 11.7. The van der Waals surface area contributed by atoms with Crippen LogP contribution in [0.25, 0.3) is 0 Å². The van der Waals surface area contributed by atoms with Gasteiger partial charge in [-0.2, -0.15) is 0 Å². The van der Waals surface area contributed by atoms with Gasteiger partial charge in [-0.1, -0.05) is 19.8 Å². The fourth-order valence-corrected chi connectivity index (χ4v) is 2.25. The van der Waals surface area contributed by atoms with Gasteiger partial charge < -0.3 is 25.2 Å². The molecular weight excluding hydrogens is 252 g/mol. The molecule has 6 nitrogen and oxygen atoms in total. The molecule has 0 bridgehead atoms. The number of unbranched alkanes of at least 4 members (excludes halogenated alkanes) is 2. The van der Waals surface area contributed by atoms with Crippen LogP contribution in [0.2, 0.25) is 0 Å². The highest BCUT2D eigenvalue weighted by Gasteiger charge is 2.43. The van der Waals surface area contributed by atoms with Crippen LogP contribution in [0.3, 0.4) is 0 Å². The molecule has 1 saturated heterocycles. The predicted octanol–water partition coefficient (Wildman–Crippen LogP) is -0.632. The maximum absolute atomic E-state index is 11.7. The smallest absolute Gasteiger partial charge is 0.135 e. The molecule has 0 saturated carbocycles. The Labute approximate surface area is 113 Å². The normalized spacial score (nSPS) is 35.3. The van der Waals surface area contributed by atoms with Gasteiger partial charge in [0.1, 0.15) is 30.2 Å². The summed E-state index contributed by atoms with van der Waals surface area (Å²) in [5, 5.41) is 38.0. The zero-order valence-corrected chi connectivity index (χ0v) is 11.2. The van der Waals surface area contributed by atoms with Crippen LogP contribution in [0.15, 0.2) is 0 Å². The largest absolute Gasteiger partial charge is 0.394 e.